The summed E-state index contributed by atoms with van der Waals surface area (Å²) in [6.45, 7) is 1.47. The molecule has 1 fully saturated rings. The van der Waals surface area contributed by atoms with Crippen LogP contribution in [-0.2, 0) is 11.3 Å². The normalized spacial score (nSPS) is 19.4. The van der Waals surface area contributed by atoms with E-state index in [0.29, 0.717) is 22.7 Å². The van der Waals surface area contributed by atoms with Gasteiger partial charge in [-0.3, -0.25) is 0 Å². The number of halogens is 2. The van der Waals surface area contributed by atoms with Crippen LogP contribution in [-0.4, -0.2) is 18.8 Å². The van der Waals surface area contributed by atoms with Crippen LogP contribution in [0.15, 0.2) is 78.9 Å². The summed E-state index contributed by atoms with van der Waals surface area (Å²) in [6.07, 6.45) is 2.29. The Bertz CT molecular complexity index is 869. The Labute approximate surface area is 182 Å². The molecular formula is C25H25Cl2NO. The van der Waals surface area contributed by atoms with Crippen molar-refractivity contribution >= 4 is 23.2 Å². The zero-order valence-corrected chi connectivity index (χ0v) is 17.7. The second kappa shape index (κ2) is 9.77. The molecule has 4 rings (SSSR count). The van der Waals surface area contributed by atoms with Crippen LogP contribution in [0, 0.1) is 0 Å². The van der Waals surface area contributed by atoms with Gasteiger partial charge in [-0.25, -0.2) is 0 Å². The average molecular weight is 426 g/mol. The number of hydrogen-bond acceptors (Lipinski definition) is 2. The third-order valence-corrected chi connectivity index (χ3v) is 6.32. The van der Waals surface area contributed by atoms with E-state index < -0.39 is 0 Å². The first kappa shape index (κ1) is 20.4. The highest BCUT2D eigenvalue weighted by Gasteiger charge is 2.30. The molecule has 2 nitrogen and oxygen atoms in total. The largest absolute Gasteiger partial charge is 0.376 e. The maximum Gasteiger partial charge on any atom is 0.0685 e. The Morgan fingerprint density at radius 2 is 1.48 bits per heavy atom. The SMILES string of the molecule is Clc1ccc(CN[C@H]2CC[C@@H](C(c3ccccc3)c3ccccc3)OC2)cc1Cl. The van der Waals surface area contributed by atoms with Gasteiger partial charge in [-0.2, -0.15) is 0 Å². The summed E-state index contributed by atoms with van der Waals surface area (Å²) < 4.78 is 6.38. The van der Waals surface area contributed by atoms with Gasteiger partial charge in [0.15, 0.2) is 0 Å². The molecule has 1 aliphatic rings. The lowest BCUT2D eigenvalue weighted by Crippen LogP contribution is -2.41. The highest BCUT2D eigenvalue weighted by Crippen LogP contribution is 2.34. The van der Waals surface area contributed by atoms with Gasteiger partial charge in [0.05, 0.1) is 22.8 Å². The third-order valence-electron chi connectivity index (χ3n) is 5.58. The van der Waals surface area contributed by atoms with Gasteiger partial charge in [-0.15, -0.1) is 0 Å². The molecule has 2 atom stereocenters. The molecule has 1 aliphatic heterocycles. The van der Waals surface area contributed by atoms with E-state index in [2.05, 4.69) is 66.0 Å². The fourth-order valence-electron chi connectivity index (χ4n) is 4.05. The predicted octanol–water partition coefficient (Wildman–Crippen LogP) is 6.46. The Kier molecular flexibility index (Phi) is 6.89. The second-order valence-electron chi connectivity index (χ2n) is 7.57. The molecule has 4 heteroatoms. The van der Waals surface area contributed by atoms with E-state index in [1.807, 2.05) is 18.2 Å². The van der Waals surface area contributed by atoms with Crippen molar-refractivity contribution in [3.63, 3.8) is 0 Å². The number of nitrogens with one attached hydrogen (secondary N) is 1. The summed E-state index contributed by atoms with van der Waals surface area (Å²) in [5.41, 5.74) is 3.75. The number of rotatable bonds is 6. The van der Waals surface area contributed by atoms with E-state index in [9.17, 15) is 0 Å². The van der Waals surface area contributed by atoms with Crippen molar-refractivity contribution in [3.05, 3.63) is 106 Å². The molecule has 1 saturated heterocycles. The summed E-state index contributed by atoms with van der Waals surface area (Å²) >= 11 is 12.1. The van der Waals surface area contributed by atoms with Crippen LogP contribution >= 0.6 is 23.2 Å². The monoisotopic (exact) mass is 425 g/mol. The molecule has 0 amide bonds. The lowest BCUT2D eigenvalue weighted by Gasteiger charge is -2.35. The summed E-state index contributed by atoms with van der Waals surface area (Å²) in [4.78, 5) is 0. The van der Waals surface area contributed by atoms with Gasteiger partial charge in [0.25, 0.3) is 0 Å². The van der Waals surface area contributed by atoms with Gasteiger partial charge in [-0.1, -0.05) is 89.9 Å². The summed E-state index contributed by atoms with van der Waals surface area (Å²) in [5, 5.41) is 4.78. The summed E-state index contributed by atoms with van der Waals surface area (Å²) in [5.74, 6) is 0.258. The minimum absolute atomic E-state index is 0.183. The number of benzene rings is 3. The van der Waals surface area contributed by atoms with E-state index in [0.717, 1.165) is 24.9 Å². The van der Waals surface area contributed by atoms with Crippen molar-refractivity contribution in [1.82, 2.24) is 5.32 Å². The molecule has 150 valence electrons. The standard InChI is InChI=1S/C25H25Cl2NO/c26-22-13-11-18(15-23(22)27)16-28-21-12-14-24(29-17-21)25(19-7-3-1-4-8-19)20-9-5-2-6-10-20/h1-11,13,15,21,24-25,28H,12,14,16-17H2/t21-,24-/m0/s1. The molecule has 1 heterocycles. The van der Waals surface area contributed by atoms with Crippen LogP contribution in [0.2, 0.25) is 10.0 Å². The van der Waals surface area contributed by atoms with Gasteiger partial charge < -0.3 is 10.1 Å². The van der Waals surface area contributed by atoms with Gasteiger partial charge >= 0.3 is 0 Å². The van der Waals surface area contributed by atoms with Crippen LogP contribution in [0.5, 0.6) is 0 Å². The molecule has 0 radical (unpaired) electrons. The quantitative estimate of drug-likeness (QED) is 0.488. The maximum absolute atomic E-state index is 6.38. The van der Waals surface area contributed by atoms with Gasteiger partial charge in [0.1, 0.15) is 0 Å². The van der Waals surface area contributed by atoms with Gasteiger partial charge in [-0.05, 0) is 41.7 Å². The van der Waals surface area contributed by atoms with Gasteiger partial charge in [0, 0.05) is 18.5 Å². The van der Waals surface area contributed by atoms with Crippen LogP contribution in [0.25, 0.3) is 0 Å². The molecule has 0 unspecified atom stereocenters. The predicted molar refractivity (Wildman–Crippen MR) is 121 cm³/mol. The molecule has 0 aliphatic carbocycles. The topological polar surface area (TPSA) is 21.3 Å². The average Bonchev–Trinajstić information content (AvgIpc) is 2.77. The molecule has 29 heavy (non-hydrogen) atoms. The smallest absolute Gasteiger partial charge is 0.0685 e. The number of hydrogen-bond donors (Lipinski definition) is 1. The first-order valence-corrected chi connectivity index (χ1v) is 10.8. The summed E-state index contributed by atoms with van der Waals surface area (Å²) in [6, 6.07) is 27.5. The van der Waals surface area contributed by atoms with Crippen molar-refractivity contribution < 1.29 is 4.74 Å². The summed E-state index contributed by atoms with van der Waals surface area (Å²) in [7, 11) is 0. The second-order valence-corrected chi connectivity index (χ2v) is 8.39. The Balaban J connectivity index is 1.39. The third kappa shape index (κ3) is 5.21. The zero-order chi connectivity index (χ0) is 20.1. The minimum Gasteiger partial charge on any atom is -0.376 e. The minimum atomic E-state index is 0.183. The van der Waals surface area contributed by atoms with Crippen molar-refractivity contribution in [2.45, 2.75) is 37.5 Å². The molecule has 0 spiro atoms. The Morgan fingerprint density at radius 1 is 0.828 bits per heavy atom. The van der Waals surface area contributed by atoms with Crippen LogP contribution < -0.4 is 5.32 Å². The van der Waals surface area contributed by atoms with E-state index in [-0.39, 0.29) is 12.0 Å². The Morgan fingerprint density at radius 3 is 2.03 bits per heavy atom. The lowest BCUT2D eigenvalue weighted by atomic mass is 9.83. The number of ether oxygens (including phenoxy) is 1. The van der Waals surface area contributed by atoms with Gasteiger partial charge in [0.2, 0.25) is 0 Å². The van der Waals surface area contributed by atoms with E-state index in [1.165, 1.54) is 11.1 Å². The van der Waals surface area contributed by atoms with Crippen LogP contribution in [0.3, 0.4) is 0 Å². The molecule has 0 saturated carbocycles. The highest BCUT2D eigenvalue weighted by atomic mass is 35.5. The molecule has 1 N–H and O–H groups in total. The highest BCUT2D eigenvalue weighted by molar-refractivity contribution is 6.42. The molecule has 0 aromatic heterocycles. The van der Waals surface area contributed by atoms with E-state index in [4.69, 9.17) is 27.9 Å². The van der Waals surface area contributed by atoms with E-state index >= 15 is 0 Å². The zero-order valence-electron chi connectivity index (χ0n) is 16.2. The lowest BCUT2D eigenvalue weighted by molar-refractivity contribution is -0.0116. The van der Waals surface area contributed by atoms with Crippen molar-refractivity contribution in [3.8, 4) is 0 Å². The fourth-order valence-corrected chi connectivity index (χ4v) is 4.37. The Hall–Kier alpha value is -1.84. The van der Waals surface area contributed by atoms with Crippen molar-refractivity contribution in [2.75, 3.05) is 6.61 Å². The van der Waals surface area contributed by atoms with Crippen molar-refractivity contribution in [2.24, 2.45) is 0 Å². The molecule has 3 aromatic rings. The maximum atomic E-state index is 6.38. The molecule has 0 bridgehead atoms. The fraction of sp³-hybridized carbons (Fsp3) is 0.280. The van der Waals surface area contributed by atoms with Crippen LogP contribution in [0.1, 0.15) is 35.4 Å². The first-order chi connectivity index (χ1) is 14.2. The molecular weight excluding hydrogens is 401 g/mol. The molecule has 3 aromatic carbocycles. The van der Waals surface area contributed by atoms with E-state index in [1.54, 1.807) is 0 Å². The van der Waals surface area contributed by atoms with Crippen molar-refractivity contribution in [1.29, 1.82) is 0 Å². The van der Waals surface area contributed by atoms with Crippen LogP contribution in [0.4, 0.5) is 0 Å². The first-order valence-electron chi connectivity index (χ1n) is 10.1.